The van der Waals surface area contributed by atoms with E-state index in [2.05, 4.69) is 5.32 Å². The van der Waals surface area contributed by atoms with Crippen molar-refractivity contribution in [1.29, 1.82) is 0 Å². The lowest BCUT2D eigenvalue weighted by molar-refractivity contribution is -0.132. The van der Waals surface area contributed by atoms with Gasteiger partial charge in [0.05, 0.1) is 5.54 Å². The quantitative estimate of drug-likeness (QED) is 0.635. The molecule has 0 unspecified atom stereocenters. The van der Waals surface area contributed by atoms with Crippen molar-refractivity contribution in [2.24, 2.45) is 0 Å². The van der Waals surface area contributed by atoms with E-state index >= 15 is 0 Å². The van der Waals surface area contributed by atoms with Gasteiger partial charge >= 0.3 is 6.09 Å². The molecule has 1 N–H and O–H groups in total. The molecular weight excluding hydrogens is 415 g/mol. The van der Waals surface area contributed by atoms with Gasteiger partial charge in [-0.3, -0.25) is 10.1 Å². The highest BCUT2D eigenvalue weighted by molar-refractivity contribution is 6.31. The average Bonchev–Trinajstić information content (AvgIpc) is 2.74. The SMILES string of the molecule is O=CN(Cc1ccccc1Cl)C1(COC(=O)Nc2ccc(Cl)cc2)CCOCC1. The number of rotatable bonds is 7. The van der Waals surface area contributed by atoms with Crippen LogP contribution in [0, 0.1) is 0 Å². The van der Waals surface area contributed by atoms with Crippen LogP contribution >= 0.6 is 23.2 Å². The number of anilines is 1. The first-order valence-corrected chi connectivity index (χ1v) is 10.0. The van der Waals surface area contributed by atoms with Crippen molar-refractivity contribution in [3.8, 4) is 0 Å². The number of hydrogen-bond donors (Lipinski definition) is 1. The van der Waals surface area contributed by atoms with Crippen molar-refractivity contribution >= 4 is 41.4 Å². The van der Waals surface area contributed by atoms with E-state index in [1.54, 1.807) is 35.2 Å². The first-order chi connectivity index (χ1) is 14.0. The molecule has 1 fully saturated rings. The van der Waals surface area contributed by atoms with E-state index in [0.717, 1.165) is 12.0 Å². The zero-order chi connectivity index (χ0) is 20.7. The van der Waals surface area contributed by atoms with Crippen molar-refractivity contribution in [2.45, 2.75) is 24.9 Å². The summed E-state index contributed by atoms with van der Waals surface area (Å²) in [6.45, 7) is 1.34. The van der Waals surface area contributed by atoms with Crippen LogP contribution in [0.2, 0.25) is 10.0 Å². The van der Waals surface area contributed by atoms with Crippen LogP contribution in [-0.4, -0.2) is 42.8 Å². The molecule has 6 nitrogen and oxygen atoms in total. The minimum atomic E-state index is -0.656. The summed E-state index contributed by atoms with van der Waals surface area (Å²) in [5, 5.41) is 3.82. The Labute approximate surface area is 179 Å². The number of halogens is 2. The highest BCUT2D eigenvalue weighted by Gasteiger charge is 2.39. The molecule has 154 valence electrons. The summed E-state index contributed by atoms with van der Waals surface area (Å²) >= 11 is 12.1. The van der Waals surface area contributed by atoms with E-state index in [4.69, 9.17) is 32.7 Å². The molecule has 2 amide bonds. The number of amides is 2. The zero-order valence-electron chi connectivity index (χ0n) is 15.8. The third-order valence-electron chi connectivity index (χ3n) is 5.02. The molecule has 0 bridgehead atoms. The maximum absolute atomic E-state index is 12.3. The second-order valence-corrected chi connectivity index (χ2v) is 7.71. The fourth-order valence-electron chi connectivity index (χ4n) is 3.28. The molecule has 0 aromatic heterocycles. The Kier molecular flexibility index (Phi) is 7.36. The van der Waals surface area contributed by atoms with Crippen molar-refractivity contribution in [2.75, 3.05) is 25.1 Å². The number of nitrogens with one attached hydrogen (secondary N) is 1. The van der Waals surface area contributed by atoms with Crippen LogP contribution in [0.25, 0.3) is 0 Å². The Morgan fingerprint density at radius 2 is 1.83 bits per heavy atom. The molecular formula is C21H22Cl2N2O4. The first kappa shape index (κ1) is 21.4. The fraction of sp³-hybridized carbons (Fsp3) is 0.333. The molecule has 0 saturated carbocycles. The van der Waals surface area contributed by atoms with Crippen molar-refractivity contribution in [3.05, 3.63) is 64.1 Å². The molecule has 1 saturated heterocycles. The molecule has 1 heterocycles. The van der Waals surface area contributed by atoms with E-state index in [0.29, 0.717) is 48.3 Å². The first-order valence-electron chi connectivity index (χ1n) is 9.25. The number of hydrogen-bond acceptors (Lipinski definition) is 4. The Bertz CT molecular complexity index is 839. The maximum Gasteiger partial charge on any atom is 0.411 e. The minimum absolute atomic E-state index is 0.0545. The molecule has 0 aliphatic carbocycles. The van der Waals surface area contributed by atoms with Gasteiger partial charge in [-0.15, -0.1) is 0 Å². The van der Waals surface area contributed by atoms with Crippen LogP contribution in [0.15, 0.2) is 48.5 Å². The number of carbonyl (C=O) groups is 2. The Morgan fingerprint density at radius 1 is 1.14 bits per heavy atom. The Balaban J connectivity index is 1.69. The van der Waals surface area contributed by atoms with Gasteiger partial charge in [0, 0.05) is 35.5 Å². The minimum Gasteiger partial charge on any atom is -0.447 e. The normalized spacial score (nSPS) is 15.4. The summed E-state index contributed by atoms with van der Waals surface area (Å²) in [6.07, 6.45) is 1.31. The summed E-state index contributed by atoms with van der Waals surface area (Å²) in [5.41, 5.74) is 0.748. The van der Waals surface area contributed by atoms with Gasteiger partial charge in [0.25, 0.3) is 0 Å². The highest BCUT2D eigenvalue weighted by Crippen LogP contribution is 2.30. The summed E-state index contributed by atoms with van der Waals surface area (Å²) in [7, 11) is 0. The molecule has 8 heteroatoms. The molecule has 2 aromatic carbocycles. The summed E-state index contributed by atoms with van der Waals surface area (Å²) in [5.74, 6) is 0. The predicted octanol–water partition coefficient (Wildman–Crippen LogP) is 4.75. The Morgan fingerprint density at radius 3 is 2.48 bits per heavy atom. The van der Waals surface area contributed by atoms with Gasteiger partial charge in [-0.1, -0.05) is 41.4 Å². The van der Waals surface area contributed by atoms with Gasteiger partial charge in [0.2, 0.25) is 6.41 Å². The van der Waals surface area contributed by atoms with Crippen molar-refractivity contribution < 1.29 is 19.1 Å². The summed E-state index contributed by atoms with van der Waals surface area (Å²) in [4.78, 5) is 25.9. The van der Waals surface area contributed by atoms with Crippen molar-refractivity contribution in [1.82, 2.24) is 4.90 Å². The molecule has 3 rings (SSSR count). The highest BCUT2D eigenvalue weighted by atomic mass is 35.5. The standard InChI is InChI=1S/C21H22Cl2N2O4/c22-17-5-7-18(8-6-17)24-20(27)29-14-21(9-11-28-12-10-21)25(15-26)13-16-3-1-2-4-19(16)23/h1-8,15H,9-14H2,(H,24,27). The van der Waals surface area contributed by atoms with Crippen LogP contribution in [0.3, 0.4) is 0 Å². The molecule has 0 radical (unpaired) electrons. The lowest BCUT2D eigenvalue weighted by Gasteiger charge is -2.44. The van der Waals surface area contributed by atoms with Gasteiger partial charge in [-0.2, -0.15) is 0 Å². The third kappa shape index (κ3) is 5.63. The molecule has 0 spiro atoms. The Hall–Kier alpha value is -2.28. The van der Waals surface area contributed by atoms with Crippen LogP contribution in [0.1, 0.15) is 18.4 Å². The lowest BCUT2D eigenvalue weighted by Crippen LogP contribution is -2.55. The second-order valence-electron chi connectivity index (χ2n) is 6.87. The van der Waals surface area contributed by atoms with E-state index in [1.807, 2.05) is 18.2 Å². The fourth-order valence-corrected chi connectivity index (χ4v) is 3.60. The van der Waals surface area contributed by atoms with Crippen molar-refractivity contribution in [3.63, 3.8) is 0 Å². The zero-order valence-corrected chi connectivity index (χ0v) is 17.3. The van der Waals surface area contributed by atoms with E-state index in [-0.39, 0.29) is 6.61 Å². The monoisotopic (exact) mass is 436 g/mol. The van der Waals surface area contributed by atoms with Gasteiger partial charge in [-0.05, 0) is 48.7 Å². The van der Waals surface area contributed by atoms with E-state index in [9.17, 15) is 9.59 Å². The van der Waals surface area contributed by atoms with Crippen LogP contribution in [-0.2, 0) is 20.8 Å². The number of benzene rings is 2. The number of ether oxygens (including phenoxy) is 2. The predicted molar refractivity (Wildman–Crippen MR) is 112 cm³/mol. The van der Waals surface area contributed by atoms with Crippen LogP contribution < -0.4 is 5.32 Å². The molecule has 2 aromatic rings. The van der Waals surface area contributed by atoms with Crippen LogP contribution in [0.4, 0.5) is 10.5 Å². The summed E-state index contributed by atoms with van der Waals surface area (Å²) < 4.78 is 11.0. The third-order valence-corrected chi connectivity index (χ3v) is 5.64. The van der Waals surface area contributed by atoms with E-state index in [1.165, 1.54) is 0 Å². The molecule has 1 aliphatic rings. The topological polar surface area (TPSA) is 67.9 Å². The van der Waals surface area contributed by atoms with Crippen LogP contribution in [0.5, 0.6) is 0 Å². The van der Waals surface area contributed by atoms with E-state index < -0.39 is 11.6 Å². The molecule has 0 atom stereocenters. The molecule has 1 aliphatic heterocycles. The lowest BCUT2D eigenvalue weighted by atomic mass is 9.88. The maximum atomic E-state index is 12.3. The van der Waals surface area contributed by atoms with Gasteiger partial charge in [0.1, 0.15) is 6.61 Å². The number of carbonyl (C=O) groups excluding carboxylic acids is 2. The smallest absolute Gasteiger partial charge is 0.411 e. The second kappa shape index (κ2) is 9.96. The average molecular weight is 437 g/mol. The largest absolute Gasteiger partial charge is 0.447 e. The molecule has 29 heavy (non-hydrogen) atoms. The summed E-state index contributed by atoms with van der Waals surface area (Å²) in [6, 6.07) is 14.1. The number of nitrogens with zero attached hydrogens (tertiary/aromatic N) is 1. The van der Waals surface area contributed by atoms with Gasteiger partial charge in [-0.25, -0.2) is 4.79 Å². The van der Waals surface area contributed by atoms with Gasteiger partial charge in [0.15, 0.2) is 0 Å². The van der Waals surface area contributed by atoms with Gasteiger partial charge < -0.3 is 14.4 Å².